The van der Waals surface area contributed by atoms with Crippen molar-refractivity contribution in [3.63, 3.8) is 0 Å². The maximum atomic E-state index is 4.18. The van der Waals surface area contributed by atoms with Gasteiger partial charge in [0, 0.05) is 0 Å². The van der Waals surface area contributed by atoms with E-state index in [0.717, 1.165) is 5.92 Å². The van der Waals surface area contributed by atoms with E-state index in [-0.39, 0.29) is 0 Å². The third kappa shape index (κ3) is 0.817. The molecule has 0 amide bonds. The van der Waals surface area contributed by atoms with Gasteiger partial charge in [-0.2, -0.15) is 0 Å². The van der Waals surface area contributed by atoms with Crippen LogP contribution >= 0.6 is 0 Å². The maximum absolute atomic E-state index is 4.18. The Morgan fingerprint density at radius 2 is 2.10 bits per heavy atom. The highest BCUT2D eigenvalue weighted by atomic mass is 14.5. The molecule has 56 valence electrons. The second-order valence-electron chi connectivity index (χ2n) is 4.23. The molecule has 10 heavy (non-hydrogen) atoms. The normalized spacial score (nSPS) is 36.5. The highest BCUT2D eigenvalue weighted by molar-refractivity contribution is 5.21. The molecule has 0 nitrogen and oxygen atoms in total. The van der Waals surface area contributed by atoms with Gasteiger partial charge < -0.3 is 0 Å². The molecular weight excluding hydrogens is 120 g/mol. The molecule has 2 rings (SSSR count). The lowest BCUT2D eigenvalue weighted by molar-refractivity contribution is 0.356. The lowest BCUT2D eigenvalue weighted by Gasteiger charge is -2.28. The van der Waals surface area contributed by atoms with Gasteiger partial charge >= 0.3 is 0 Å². The monoisotopic (exact) mass is 136 g/mol. The molecule has 0 heterocycles. The van der Waals surface area contributed by atoms with Crippen LogP contribution in [0.15, 0.2) is 12.2 Å². The van der Waals surface area contributed by atoms with E-state index in [1.165, 1.54) is 32.1 Å². The molecule has 1 atom stereocenters. The Balaban J connectivity index is 2.08. The van der Waals surface area contributed by atoms with Crippen LogP contribution in [0.25, 0.3) is 0 Å². The Bertz CT molecular complexity index is 163. The molecule has 1 spiro atoms. The lowest BCUT2D eigenvalue weighted by Crippen LogP contribution is -2.15. The predicted octanol–water partition coefficient (Wildman–Crippen LogP) is 3.14. The van der Waals surface area contributed by atoms with E-state index in [4.69, 9.17) is 0 Å². The second kappa shape index (κ2) is 1.87. The number of allylic oxidation sites excluding steroid dienone is 1. The summed E-state index contributed by atoms with van der Waals surface area (Å²) in [6.45, 7) is 6.53. The Kier molecular flexibility index (Phi) is 1.21. The summed E-state index contributed by atoms with van der Waals surface area (Å²) in [5, 5.41) is 0. The molecule has 0 aromatic heterocycles. The first kappa shape index (κ1) is 6.45. The minimum absolute atomic E-state index is 0.673. The van der Waals surface area contributed by atoms with Crippen molar-refractivity contribution in [2.24, 2.45) is 11.3 Å². The molecule has 0 heteroatoms. The molecule has 0 saturated heterocycles. The Labute approximate surface area is 63.3 Å². The van der Waals surface area contributed by atoms with Gasteiger partial charge in [-0.15, -0.1) is 0 Å². The number of hydrogen-bond donors (Lipinski definition) is 0. The SMILES string of the molecule is C=C1CC(C)CCC12CC2. The first-order valence-corrected chi connectivity index (χ1v) is 4.41. The molecule has 0 aliphatic heterocycles. The molecular formula is C10H16. The van der Waals surface area contributed by atoms with Crippen molar-refractivity contribution >= 4 is 0 Å². The summed E-state index contributed by atoms with van der Waals surface area (Å²) >= 11 is 0. The van der Waals surface area contributed by atoms with Gasteiger partial charge in [0.1, 0.15) is 0 Å². The van der Waals surface area contributed by atoms with Gasteiger partial charge in [0.05, 0.1) is 0 Å². The molecule has 1 unspecified atom stereocenters. The Morgan fingerprint density at radius 1 is 1.40 bits per heavy atom. The van der Waals surface area contributed by atoms with Crippen molar-refractivity contribution in [2.45, 2.75) is 39.0 Å². The maximum Gasteiger partial charge on any atom is -0.00899 e. The summed E-state index contributed by atoms with van der Waals surface area (Å²) in [5.74, 6) is 0.915. The van der Waals surface area contributed by atoms with Gasteiger partial charge in [0.15, 0.2) is 0 Å². The van der Waals surface area contributed by atoms with Crippen LogP contribution in [0.1, 0.15) is 39.0 Å². The van der Waals surface area contributed by atoms with Crippen LogP contribution in [0.3, 0.4) is 0 Å². The summed E-state index contributed by atoms with van der Waals surface area (Å²) in [4.78, 5) is 0. The minimum atomic E-state index is 0.673. The Hall–Kier alpha value is -0.260. The fraction of sp³-hybridized carbons (Fsp3) is 0.800. The van der Waals surface area contributed by atoms with E-state index in [0.29, 0.717) is 5.41 Å². The van der Waals surface area contributed by atoms with Crippen molar-refractivity contribution < 1.29 is 0 Å². The van der Waals surface area contributed by atoms with Crippen molar-refractivity contribution in [3.8, 4) is 0 Å². The summed E-state index contributed by atoms with van der Waals surface area (Å²) in [5.41, 5.74) is 2.23. The van der Waals surface area contributed by atoms with E-state index in [1.807, 2.05) is 0 Å². The van der Waals surface area contributed by atoms with Crippen molar-refractivity contribution in [1.82, 2.24) is 0 Å². The highest BCUT2D eigenvalue weighted by Crippen LogP contribution is 2.59. The topological polar surface area (TPSA) is 0 Å². The quantitative estimate of drug-likeness (QED) is 0.449. The predicted molar refractivity (Wildman–Crippen MR) is 43.8 cm³/mol. The third-order valence-electron chi connectivity index (χ3n) is 3.31. The molecule has 0 aromatic rings. The summed E-state index contributed by atoms with van der Waals surface area (Å²) in [7, 11) is 0. The number of rotatable bonds is 0. The van der Waals surface area contributed by atoms with E-state index >= 15 is 0 Å². The zero-order valence-corrected chi connectivity index (χ0v) is 6.82. The van der Waals surface area contributed by atoms with Gasteiger partial charge in [-0.3, -0.25) is 0 Å². The summed E-state index contributed by atoms with van der Waals surface area (Å²) in [6.07, 6.45) is 7.07. The molecule has 0 N–H and O–H groups in total. The molecule has 0 radical (unpaired) electrons. The molecule has 2 aliphatic carbocycles. The van der Waals surface area contributed by atoms with Crippen molar-refractivity contribution in [3.05, 3.63) is 12.2 Å². The van der Waals surface area contributed by atoms with Crippen LogP contribution in [0.4, 0.5) is 0 Å². The first-order chi connectivity index (χ1) is 4.73. The van der Waals surface area contributed by atoms with Crippen molar-refractivity contribution in [1.29, 1.82) is 0 Å². The van der Waals surface area contributed by atoms with Crippen LogP contribution in [-0.4, -0.2) is 0 Å². The largest absolute Gasteiger partial charge is 0.0993 e. The van der Waals surface area contributed by atoms with E-state index in [1.54, 1.807) is 5.57 Å². The van der Waals surface area contributed by atoms with Crippen LogP contribution in [0.2, 0.25) is 0 Å². The fourth-order valence-electron chi connectivity index (χ4n) is 2.19. The highest BCUT2D eigenvalue weighted by Gasteiger charge is 2.46. The smallest absolute Gasteiger partial charge is 0.00899 e. The van der Waals surface area contributed by atoms with Gasteiger partial charge in [-0.05, 0) is 43.4 Å². The molecule has 2 fully saturated rings. The van der Waals surface area contributed by atoms with E-state index < -0.39 is 0 Å². The van der Waals surface area contributed by atoms with Gasteiger partial charge in [-0.1, -0.05) is 19.1 Å². The number of hydrogen-bond acceptors (Lipinski definition) is 0. The minimum Gasteiger partial charge on any atom is -0.0993 e. The average molecular weight is 136 g/mol. The van der Waals surface area contributed by atoms with Gasteiger partial charge in [0.25, 0.3) is 0 Å². The average Bonchev–Trinajstić information content (AvgIpc) is 2.62. The fourth-order valence-corrected chi connectivity index (χ4v) is 2.19. The summed E-state index contributed by atoms with van der Waals surface area (Å²) in [6, 6.07) is 0. The standard InChI is InChI=1S/C10H16/c1-8-3-4-10(5-6-10)9(2)7-8/h8H,2-7H2,1H3. The first-order valence-electron chi connectivity index (χ1n) is 4.41. The van der Waals surface area contributed by atoms with E-state index in [9.17, 15) is 0 Å². The molecule has 2 saturated carbocycles. The lowest BCUT2D eigenvalue weighted by atomic mass is 9.77. The summed E-state index contributed by atoms with van der Waals surface area (Å²) < 4.78 is 0. The Morgan fingerprint density at radius 3 is 2.60 bits per heavy atom. The van der Waals surface area contributed by atoms with Crippen LogP contribution in [0, 0.1) is 11.3 Å². The molecule has 0 bridgehead atoms. The van der Waals surface area contributed by atoms with Crippen LogP contribution in [0.5, 0.6) is 0 Å². The van der Waals surface area contributed by atoms with Crippen LogP contribution in [-0.2, 0) is 0 Å². The zero-order chi connectivity index (χ0) is 7.19. The van der Waals surface area contributed by atoms with Gasteiger partial charge in [-0.25, -0.2) is 0 Å². The zero-order valence-electron chi connectivity index (χ0n) is 6.82. The van der Waals surface area contributed by atoms with Crippen LogP contribution < -0.4 is 0 Å². The molecule has 0 aromatic carbocycles. The van der Waals surface area contributed by atoms with E-state index in [2.05, 4.69) is 13.5 Å². The molecule has 2 aliphatic rings. The van der Waals surface area contributed by atoms with Crippen molar-refractivity contribution in [2.75, 3.05) is 0 Å². The van der Waals surface area contributed by atoms with Gasteiger partial charge in [0.2, 0.25) is 0 Å². The third-order valence-corrected chi connectivity index (χ3v) is 3.31. The second-order valence-corrected chi connectivity index (χ2v) is 4.23.